The molecule has 190 valence electrons. The predicted octanol–water partition coefficient (Wildman–Crippen LogP) is 6.05. The highest BCUT2D eigenvalue weighted by Crippen LogP contribution is 2.34. The summed E-state index contributed by atoms with van der Waals surface area (Å²) in [5.74, 6) is 1.01. The van der Waals surface area contributed by atoms with Crippen LogP contribution in [-0.4, -0.2) is 31.4 Å². The molecule has 0 saturated carbocycles. The van der Waals surface area contributed by atoms with Gasteiger partial charge >= 0.3 is 6.18 Å². The van der Waals surface area contributed by atoms with Gasteiger partial charge in [0.2, 0.25) is 0 Å². The van der Waals surface area contributed by atoms with Crippen LogP contribution in [0.25, 0.3) is 22.3 Å². The van der Waals surface area contributed by atoms with Crippen molar-refractivity contribution >= 4 is 11.2 Å². The molecular weight excluding hydrogens is 483 g/mol. The standard InChI is InChI=1S/C27H24F3N5O2/c1-17(35-16-32-23-10-20(12-31-26(23)35)21-13-33-34(2)14-21)19-6-9-24(25(11-19)36-3)37-15-18-4-7-22(8-5-18)27(28,29)30/h4-14,16-17H,15H2,1-3H3. The van der Waals surface area contributed by atoms with Crippen LogP contribution >= 0.6 is 0 Å². The smallest absolute Gasteiger partial charge is 0.416 e. The lowest BCUT2D eigenvalue weighted by Crippen LogP contribution is -2.07. The van der Waals surface area contributed by atoms with Crippen molar-refractivity contribution < 1.29 is 22.6 Å². The Bertz CT molecular complexity index is 1540. The van der Waals surface area contributed by atoms with E-state index in [0.717, 1.165) is 40.0 Å². The van der Waals surface area contributed by atoms with Crippen LogP contribution in [0.15, 0.2) is 73.4 Å². The zero-order chi connectivity index (χ0) is 26.2. The number of hydrogen-bond acceptors (Lipinski definition) is 5. The van der Waals surface area contributed by atoms with E-state index in [1.54, 1.807) is 30.4 Å². The summed E-state index contributed by atoms with van der Waals surface area (Å²) in [5, 5.41) is 4.21. The quantitative estimate of drug-likeness (QED) is 0.268. The molecule has 0 amide bonds. The number of benzene rings is 2. The number of nitrogens with zero attached hydrogens (tertiary/aromatic N) is 5. The number of ether oxygens (including phenoxy) is 2. The molecule has 7 nitrogen and oxygen atoms in total. The maximum atomic E-state index is 12.8. The molecule has 1 atom stereocenters. The van der Waals surface area contributed by atoms with Gasteiger partial charge in [-0.1, -0.05) is 18.2 Å². The fourth-order valence-electron chi connectivity index (χ4n) is 4.11. The zero-order valence-electron chi connectivity index (χ0n) is 20.4. The van der Waals surface area contributed by atoms with E-state index in [1.165, 1.54) is 12.1 Å². The lowest BCUT2D eigenvalue weighted by atomic mass is 10.1. The SMILES string of the molecule is COc1cc(C(C)n2cnc3cc(-c4cnn(C)c4)cnc32)ccc1OCc1ccc(C(F)(F)F)cc1. The number of imidazole rings is 1. The molecule has 37 heavy (non-hydrogen) atoms. The van der Waals surface area contributed by atoms with Crippen LogP contribution < -0.4 is 9.47 Å². The lowest BCUT2D eigenvalue weighted by Gasteiger charge is -2.17. The second kappa shape index (κ2) is 9.61. The van der Waals surface area contributed by atoms with Gasteiger partial charge in [0.15, 0.2) is 17.1 Å². The van der Waals surface area contributed by atoms with Crippen LogP contribution in [0.2, 0.25) is 0 Å². The molecule has 0 aliphatic carbocycles. The molecule has 0 saturated heterocycles. The van der Waals surface area contributed by atoms with E-state index in [-0.39, 0.29) is 12.6 Å². The molecule has 5 rings (SSSR count). The van der Waals surface area contributed by atoms with Crippen LogP contribution in [0.4, 0.5) is 13.2 Å². The average molecular weight is 508 g/mol. The third kappa shape index (κ3) is 5.00. The van der Waals surface area contributed by atoms with Crippen molar-refractivity contribution in [1.29, 1.82) is 0 Å². The highest BCUT2D eigenvalue weighted by Gasteiger charge is 2.30. The fourth-order valence-corrected chi connectivity index (χ4v) is 4.11. The molecule has 0 bridgehead atoms. The Labute approximate surface area is 211 Å². The first-order valence-corrected chi connectivity index (χ1v) is 11.5. The average Bonchev–Trinajstić information content (AvgIpc) is 3.52. The lowest BCUT2D eigenvalue weighted by molar-refractivity contribution is -0.137. The molecule has 0 spiro atoms. The molecule has 1 unspecified atom stereocenters. The van der Waals surface area contributed by atoms with E-state index in [9.17, 15) is 13.2 Å². The highest BCUT2D eigenvalue weighted by atomic mass is 19.4. The Balaban J connectivity index is 1.34. The molecule has 5 aromatic rings. The molecule has 0 fully saturated rings. The van der Waals surface area contributed by atoms with Crippen LogP contribution in [0.3, 0.4) is 0 Å². The predicted molar refractivity (Wildman–Crippen MR) is 132 cm³/mol. The third-order valence-electron chi connectivity index (χ3n) is 6.21. The number of methoxy groups -OCH3 is 1. The van der Waals surface area contributed by atoms with E-state index >= 15 is 0 Å². The summed E-state index contributed by atoms with van der Waals surface area (Å²) in [6.45, 7) is 2.15. The monoisotopic (exact) mass is 507 g/mol. The number of rotatable bonds is 7. The van der Waals surface area contributed by atoms with Gasteiger partial charge in [-0.25, -0.2) is 9.97 Å². The number of alkyl halides is 3. The van der Waals surface area contributed by atoms with Gasteiger partial charge in [-0.05, 0) is 48.4 Å². The summed E-state index contributed by atoms with van der Waals surface area (Å²) in [6, 6.07) is 12.4. The van der Waals surface area contributed by atoms with Crippen LogP contribution in [-0.2, 0) is 19.8 Å². The van der Waals surface area contributed by atoms with Gasteiger partial charge in [0.25, 0.3) is 0 Å². The number of pyridine rings is 1. The minimum atomic E-state index is -4.37. The molecular formula is C27H24F3N5O2. The van der Waals surface area contributed by atoms with Crippen LogP contribution in [0, 0.1) is 0 Å². The first kappa shape index (κ1) is 24.4. The number of hydrogen-bond donors (Lipinski definition) is 0. The van der Waals surface area contributed by atoms with Crippen LogP contribution in [0.1, 0.15) is 29.7 Å². The van der Waals surface area contributed by atoms with E-state index in [2.05, 4.69) is 15.1 Å². The normalized spacial score (nSPS) is 12.6. The first-order valence-electron chi connectivity index (χ1n) is 11.5. The van der Waals surface area contributed by atoms with Crippen LogP contribution in [0.5, 0.6) is 11.5 Å². The summed E-state index contributed by atoms with van der Waals surface area (Å²) in [4.78, 5) is 9.20. The molecule has 0 radical (unpaired) electrons. The Morgan fingerprint density at radius 2 is 1.73 bits per heavy atom. The van der Waals surface area contributed by atoms with Crippen molar-refractivity contribution in [2.45, 2.75) is 25.7 Å². The van der Waals surface area contributed by atoms with Gasteiger partial charge in [-0.2, -0.15) is 18.3 Å². The Morgan fingerprint density at radius 1 is 0.946 bits per heavy atom. The Hall–Kier alpha value is -4.34. The summed E-state index contributed by atoms with van der Waals surface area (Å²) in [5.41, 5.74) is 4.32. The largest absolute Gasteiger partial charge is 0.493 e. The summed E-state index contributed by atoms with van der Waals surface area (Å²) < 4.78 is 53.5. The number of aromatic nitrogens is 5. The van der Waals surface area contributed by atoms with Gasteiger partial charge in [-0.3, -0.25) is 4.68 Å². The van der Waals surface area contributed by atoms with Crippen molar-refractivity contribution in [3.8, 4) is 22.6 Å². The second-order valence-electron chi connectivity index (χ2n) is 8.69. The summed E-state index contributed by atoms with van der Waals surface area (Å²) >= 11 is 0. The molecule has 3 aromatic heterocycles. The maximum absolute atomic E-state index is 12.8. The highest BCUT2D eigenvalue weighted by molar-refractivity contribution is 5.78. The summed E-state index contributed by atoms with van der Waals surface area (Å²) in [6.07, 6.45) is 2.92. The minimum Gasteiger partial charge on any atom is -0.493 e. The Morgan fingerprint density at radius 3 is 2.41 bits per heavy atom. The van der Waals surface area contributed by atoms with Crippen molar-refractivity contribution in [2.75, 3.05) is 7.11 Å². The van der Waals surface area contributed by atoms with Gasteiger partial charge in [0, 0.05) is 30.6 Å². The van der Waals surface area contributed by atoms with Crippen molar-refractivity contribution in [1.82, 2.24) is 24.3 Å². The van der Waals surface area contributed by atoms with E-state index < -0.39 is 11.7 Å². The number of halogens is 3. The number of fused-ring (bicyclic) bond motifs is 1. The molecule has 0 aliphatic rings. The first-order chi connectivity index (χ1) is 17.7. The molecule has 0 N–H and O–H groups in total. The van der Waals surface area contributed by atoms with Gasteiger partial charge in [0.1, 0.15) is 12.1 Å². The molecule has 2 aromatic carbocycles. The van der Waals surface area contributed by atoms with Gasteiger partial charge in [0.05, 0.1) is 31.2 Å². The zero-order valence-corrected chi connectivity index (χ0v) is 20.4. The molecule has 10 heteroatoms. The second-order valence-corrected chi connectivity index (χ2v) is 8.69. The van der Waals surface area contributed by atoms with Gasteiger partial charge < -0.3 is 14.0 Å². The van der Waals surface area contributed by atoms with Gasteiger partial charge in [-0.15, -0.1) is 0 Å². The number of aryl methyl sites for hydroxylation is 1. The maximum Gasteiger partial charge on any atom is 0.416 e. The third-order valence-corrected chi connectivity index (χ3v) is 6.21. The van der Waals surface area contributed by atoms with Crippen molar-refractivity contribution in [2.24, 2.45) is 7.05 Å². The topological polar surface area (TPSA) is 67.0 Å². The molecule has 0 aliphatic heterocycles. The van der Waals surface area contributed by atoms with Crippen molar-refractivity contribution in [3.63, 3.8) is 0 Å². The molecule has 3 heterocycles. The van der Waals surface area contributed by atoms with E-state index in [4.69, 9.17) is 9.47 Å². The van der Waals surface area contributed by atoms with E-state index in [1.807, 2.05) is 49.1 Å². The summed E-state index contributed by atoms with van der Waals surface area (Å²) in [7, 11) is 3.41. The fraction of sp³-hybridized carbons (Fsp3) is 0.222. The Kier molecular flexibility index (Phi) is 6.32. The minimum absolute atomic E-state index is 0.0976. The van der Waals surface area contributed by atoms with E-state index in [0.29, 0.717) is 17.1 Å². The van der Waals surface area contributed by atoms with Crippen molar-refractivity contribution in [3.05, 3.63) is 90.1 Å².